The SMILES string of the molecule is CCOC(=O)C1=C(CN2CCN(C(=O)c3ccc(C(F)(F)F)cc3)[C@H](C)C2)N(C)C(=O)N[C@H]1c1ccc(Cl)cc1. The van der Waals surface area contributed by atoms with Crippen LogP contribution in [0.5, 0.6) is 0 Å². The molecule has 2 heterocycles. The molecule has 0 spiro atoms. The Balaban J connectivity index is 1.56. The molecule has 0 aliphatic carbocycles. The fourth-order valence-electron chi connectivity index (χ4n) is 4.96. The highest BCUT2D eigenvalue weighted by molar-refractivity contribution is 6.30. The summed E-state index contributed by atoms with van der Waals surface area (Å²) in [7, 11) is 1.58. The van der Waals surface area contributed by atoms with Crippen LogP contribution in [-0.4, -0.2) is 78.5 Å². The van der Waals surface area contributed by atoms with Crippen molar-refractivity contribution in [3.05, 3.63) is 81.5 Å². The molecule has 214 valence electrons. The molecule has 0 radical (unpaired) electrons. The quantitative estimate of drug-likeness (QED) is 0.502. The van der Waals surface area contributed by atoms with Crippen LogP contribution in [0.3, 0.4) is 0 Å². The summed E-state index contributed by atoms with van der Waals surface area (Å²) >= 11 is 6.04. The zero-order valence-electron chi connectivity index (χ0n) is 22.3. The summed E-state index contributed by atoms with van der Waals surface area (Å²) in [6, 6.07) is 9.62. The maximum absolute atomic E-state index is 13.2. The number of halogens is 4. The number of likely N-dealkylation sites (N-methyl/N-ethyl adjacent to an activating group) is 1. The molecule has 12 heteroatoms. The second kappa shape index (κ2) is 11.9. The number of piperazine rings is 1. The maximum Gasteiger partial charge on any atom is 0.416 e. The van der Waals surface area contributed by atoms with E-state index in [1.807, 2.05) is 11.8 Å². The minimum atomic E-state index is -4.48. The number of nitrogens with one attached hydrogen (secondary N) is 1. The van der Waals surface area contributed by atoms with Crippen molar-refractivity contribution in [1.82, 2.24) is 20.0 Å². The molecular weight excluding hydrogens is 549 g/mol. The molecule has 2 aromatic carbocycles. The number of hydrogen-bond donors (Lipinski definition) is 1. The molecular formula is C28H30ClF3N4O4. The van der Waals surface area contributed by atoms with Gasteiger partial charge in [0.1, 0.15) is 0 Å². The van der Waals surface area contributed by atoms with E-state index in [1.54, 1.807) is 43.1 Å². The van der Waals surface area contributed by atoms with Gasteiger partial charge in [0.2, 0.25) is 0 Å². The summed E-state index contributed by atoms with van der Waals surface area (Å²) in [5.74, 6) is -0.905. The third-order valence-corrected chi connectivity index (χ3v) is 7.33. The largest absolute Gasteiger partial charge is 0.463 e. The Morgan fingerprint density at radius 1 is 1.07 bits per heavy atom. The fraction of sp³-hybridized carbons (Fsp3) is 0.393. The van der Waals surface area contributed by atoms with Gasteiger partial charge in [-0.1, -0.05) is 23.7 Å². The van der Waals surface area contributed by atoms with E-state index >= 15 is 0 Å². The summed E-state index contributed by atoms with van der Waals surface area (Å²) in [5.41, 5.74) is 0.825. The second-order valence-corrected chi connectivity index (χ2v) is 10.2. The van der Waals surface area contributed by atoms with E-state index in [0.717, 1.165) is 12.1 Å². The lowest BCUT2D eigenvalue weighted by Gasteiger charge is -2.42. The first-order valence-corrected chi connectivity index (χ1v) is 13.2. The Bertz CT molecular complexity index is 1300. The van der Waals surface area contributed by atoms with Crippen molar-refractivity contribution in [2.75, 3.05) is 39.8 Å². The number of rotatable bonds is 6. The van der Waals surface area contributed by atoms with Crippen LogP contribution in [0.2, 0.25) is 5.02 Å². The number of benzene rings is 2. The maximum atomic E-state index is 13.2. The summed E-state index contributed by atoms with van der Waals surface area (Å²) in [6.07, 6.45) is -4.48. The smallest absolute Gasteiger partial charge is 0.416 e. The molecule has 0 saturated carbocycles. The van der Waals surface area contributed by atoms with Gasteiger partial charge in [-0.3, -0.25) is 14.6 Å². The fourth-order valence-corrected chi connectivity index (χ4v) is 5.09. The molecule has 2 atom stereocenters. The lowest BCUT2D eigenvalue weighted by atomic mass is 9.94. The number of ether oxygens (including phenoxy) is 1. The summed E-state index contributed by atoms with van der Waals surface area (Å²) in [6.45, 7) is 5.12. The van der Waals surface area contributed by atoms with E-state index in [2.05, 4.69) is 5.32 Å². The van der Waals surface area contributed by atoms with Gasteiger partial charge in [0.05, 0.1) is 23.8 Å². The third kappa shape index (κ3) is 6.26. The lowest BCUT2D eigenvalue weighted by Crippen LogP contribution is -2.56. The summed E-state index contributed by atoms with van der Waals surface area (Å²) in [4.78, 5) is 44.2. The van der Waals surface area contributed by atoms with Crippen molar-refractivity contribution >= 4 is 29.5 Å². The molecule has 3 amide bonds. The molecule has 2 aliphatic heterocycles. The Labute approximate surface area is 235 Å². The standard InChI is InChI=1S/C28H30ClF3N4O4/c1-4-40-26(38)23-22(34(3)27(39)33-24(23)18-7-11-21(29)12-8-18)16-35-13-14-36(17(2)15-35)25(37)19-5-9-20(10-6-19)28(30,31)32/h5-12,17,24H,4,13-16H2,1-3H3,(H,33,39)/t17-,24+/m1/s1. The summed E-state index contributed by atoms with van der Waals surface area (Å²) < 4.78 is 44.1. The van der Waals surface area contributed by atoms with E-state index in [9.17, 15) is 27.6 Å². The Morgan fingerprint density at radius 2 is 1.73 bits per heavy atom. The van der Waals surface area contributed by atoms with Gasteiger partial charge in [-0.15, -0.1) is 0 Å². The van der Waals surface area contributed by atoms with Crippen molar-refractivity contribution in [2.45, 2.75) is 32.1 Å². The topological polar surface area (TPSA) is 82.2 Å². The highest BCUT2D eigenvalue weighted by Gasteiger charge is 2.38. The second-order valence-electron chi connectivity index (χ2n) is 9.73. The number of nitrogens with zero attached hydrogens (tertiary/aromatic N) is 3. The zero-order valence-corrected chi connectivity index (χ0v) is 23.1. The van der Waals surface area contributed by atoms with Gasteiger partial charge in [-0.05, 0) is 55.8 Å². The molecule has 0 bridgehead atoms. The third-order valence-electron chi connectivity index (χ3n) is 7.08. The van der Waals surface area contributed by atoms with Gasteiger partial charge in [0.25, 0.3) is 5.91 Å². The molecule has 2 aliphatic rings. The molecule has 4 rings (SSSR count). The predicted octanol–water partition coefficient (Wildman–Crippen LogP) is 4.72. The van der Waals surface area contributed by atoms with Crippen LogP contribution in [0.15, 0.2) is 59.8 Å². The van der Waals surface area contributed by atoms with Crippen LogP contribution >= 0.6 is 11.6 Å². The molecule has 2 aromatic rings. The Hall–Kier alpha value is -3.57. The number of alkyl halides is 3. The highest BCUT2D eigenvalue weighted by atomic mass is 35.5. The van der Waals surface area contributed by atoms with Crippen molar-refractivity contribution in [3.8, 4) is 0 Å². The van der Waals surface area contributed by atoms with Crippen LogP contribution in [0.4, 0.5) is 18.0 Å². The van der Waals surface area contributed by atoms with Gasteiger partial charge in [-0.25, -0.2) is 9.59 Å². The normalized spacial score (nSPS) is 20.4. The number of hydrogen-bond acceptors (Lipinski definition) is 5. The summed E-state index contributed by atoms with van der Waals surface area (Å²) in [5, 5.41) is 3.38. The van der Waals surface area contributed by atoms with Gasteiger partial charge in [0.15, 0.2) is 0 Å². The van der Waals surface area contributed by atoms with Crippen molar-refractivity contribution < 1.29 is 32.3 Å². The van der Waals surface area contributed by atoms with Gasteiger partial charge < -0.3 is 15.0 Å². The number of esters is 1. The van der Waals surface area contributed by atoms with Crippen molar-refractivity contribution in [3.63, 3.8) is 0 Å². The van der Waals surface area contributed by atoms with Crippen LogP contribution in [0, 0.1) is 0 Å². The average molecular weight is 579 g/mol. The Kier molecular flexibility index (Phi) is 8.74. The highest BCUT2D eigenvalue weighted by Crippen LogP contribution is 2.33. The molecule has 1 fully saturated rings. The van der Waals surface area contributed by atoms with Gasteiger partial charge >= 0.3 is 18.2 Å². The lowest BCUT2D eigenvalue weighted by molar-refractivity contribution is -0.139. The van der Waals surface area contributed by atoms with E-state index < -0.39 is 23.8 Å². The minimum absolute atomic E-state index is 0.155. The van der Waals surface area contributed by atoms with Crippen molar-refractivity contribution in [1.29, 1.82) is 0 Å². The molecule has 0 unspecified atom stereocenters. The van der Waals surface area contributed by atoms with Crippen LogP contribution in [0.1, 0.15) is 41.4 Å². The first-order chi connectivity index (χ1) is 18.9. The number of carbonyl (C=O) groups excluding carboxylic acids is 3. The van der Waals surface area contributed by atoms with Crippen LogP contribution in [0.25, 0.3) is 0 Å². The van der Waals surface area contributed by atoms with Crippen LogP contribution < -0.4 is 5.32 Å². The molecule has 1 saturated heterocycles. The van der Waals surface area contributed by atoms with E-state index in [0.29, 0.717) is 41.5 Å². The number of amides is 3. The monoisotopic (exact) mass is 578 g/mol. The molecule has 0 aromatic heterocycles. The molecule has 8 nitrogen and oxygen atoms in total. The minimum Gasteiger partial charge on any atom is -0.463 e. The van der Waals surface area contributed by atoms with Gasteiger partial charge in [-0.2, -0.15) is 13.2 Å². The first-order valence-electron chi connectivity index (χ1n) is 12.8. The number of urea groups is 1. The molecule has 1 N–H and O–H groups in total. The molecule has 40 heavy (non-hydrogen) atoms. The number of carbonyl (C=O) groups is 3. The predicted molar refractivity (Wildman–Crippen MR) is 143 cm³/mol. The van der Waals surface area contributed by atoms with Crippen molar-refractivity contribution in [2.24, 2.45) is 0 Å². The average Bonchev–Trinajstić information content (AvgIpc) is 2.91. The Morgan fingerprint density at radius 3 is 2.30 bits per heavy atom. The van der Waals surface area contributed by atoms with Crippen LogP contribution in [-0.2, 0) is 15.7 Å². The zero-order chi connectivity index (χ0) is 29.2. The first kappa shape index (κ1) is 29.4. The van der Waals surface area contributed by atoms with E-state index in [-0.39, 0.29) is 36.7 Å². The van der Waals surface area contributed by atoms with E-state index in [1.165, 1.54) is 17.0 Å². The van der Waals surface area contributed by atoms with E-state index in [4.69, 9.17) is 16.3 Å². The van der Waals surface area contributed by atoms with Gasteiger partial charge in [0, 0.05) is 55.6 Å².